The highest BCUT2D eigenvalue weighted by molar-refractivity contribution is 7.92. The Morgan fingerprint density at radius 3 is 2.41 bits per heavy atom. The Morgan fingerprint density at radius 1 is 1.16 bits per heavy atom. The average molecular weight is 549 g/mol. The van der Waals surface area contributed by atoms with Gasteiger partial charge in [-0.1, -0.05) is 0 Å². The van der Waals surface area contributed by atoms with Gasteiger partial charge in [-0.05, 0) is 45.2 Å². The van der Waals surface area contributed by atoms with Gasteiger partial charge in [0.2, 0.25) is 10.0 Å². The third-order valence-electron chi connectivity index (χ3n) is 5.83. The van der Waals surface area contributed by atoms with Crippen LogP contribution in [0.3, 0.4) is 0 Å². The second kappa shape index (κ2) is 12.9. The lowest BCUT2D eigenvalue weighted by Gasteiger charge is -2.32. The summed E-state index contributed by atoms with van der Waals surface area (Å²) in [5.41, 5.74) is 0.525. The first-order chi connectivity index (χ1) is 17.7. The van der Waals surface area contributed by atoms with Gasteiger partial charge in [0.25, 0.3) is 5.56 Å². The molecule has 1 aliphatic heterocycles. The van der Waals surface area contributed by atoms with Crippen molar-refractivity contribution in [3.63, 3.8) is 0 Å². The lowest BCUT2D eigenvalue weighted by Crippen LogP contribution is -2.46. The van der Waals surface area contributed by atoms with Gasteiger partial charge in [-0.2, -0.15) is 5.26 Å². The first-order valence-electron chi connectivity index (χ1n) is 12.0. The van der Waals surface area contributed by atoms with Gasteiger partial charge in [0, 0.05) is 56.8 Å². The van der Waals surface area contributed by atoms with E-state index in [1.807, 2.05) is 6.07 Å². The number of nitrogens with zero attached hydrogens (tertiary/aromatic N) is 4. The van der Waals surface area contributed by atoms with Gasteiger partial charge in [-0.15, -0.1) is 11.3 Å². The van der Waals surface area contributed by atoms with Gasteiger partial charge >= 0.3 is 5.97 Å². The summed E-state index contributed by atoms with van der Waals surface area (Å²) in [5.74, 6) is -0.753. The number of nitrogens with one attached hydrogen (secondary N) is 2. The number of carbonyl (C=O) groups is 1. The fraction of sp³-hybridized carbons (Fsp3) is 0.458. The van der Waals surface area contributed by atoms with Crippen LogP contribution in [0.1, 0.15) is 13.8 Å². The number of ether oxygens (including phenoxy) is 1. The number of esters is 1. The van der Waals surface area contributed by atoms with Crippen LogP contribution in [-0.4, -0.2) is 80.9 Å². The number of thiazole rings is 1. The van der Waals surface area contributed by atoms with Gasteiger partial charge in [-0.25, -0.2) is 13.2 Å². The van der Waals surface area contributed by atoms with E-state index in [-0.39, 0.29) is 34.7 Å². The molecule has 11 nitrogen and oxygen atoms in total. The molecule has 0 radical (unpaired) electrons. The zero-order valence-electron chi connectivity index (χ0n) is 21.2. The molecule has 13 heteroatoms. The van der Waals surface area contributed by atoms with Crippen molar-refractivity contribution in [2.45, 2.75) is 20.4 Å². The van der Waals surface area contributed by atoms with Gasteiger partial charge in [0.1, 0.15) is 15.3 Å². The van der Waals surface area contributed by atoms with Gasteiger partial charge in [0.05, 0.1) is 12.4 Å². The van der Waals surface area contributed by atoms with Crippen LogP contribution in [0.4, 0.5) is 11.4 Å². The Hall–Kier alpha value is -3.18. The SMILES string of the molecule is CCOC(=O)/C(C#N)=c1/s/c(=C/Nc2ccc(NS(=O)(=O)CCN3CCN(C)CC3)cc2)c(=O)n1CC. The molecule has 0 spiro atoms. The molecule has 1 aromatic heterocycles. The number of carbonyl (C=O) groups excluding carboxylic acids is 1. The molecule has 3 rings (SSSR count). The molecule has 1 saturated heterocycles. The molecule has 200 valence electrons. The number of rotatable bonds is 10. The Labute approximate surface area is 220 Å². The summed E-state index contributed by atoms with van der Waals surface area (Å²) in [6.07, 6.45) is 1.50. The van der Waals surface area contributed by atoms with E-state index in [1.165, 1.54) is 10.8 Å². The highest BCUT2D eigenvalue weighted by Gasteiger charge is 2.18. The second-order valence-electron chi connectivity index (χ2n) is 8.46. The molecule has 1 aromatic carbocycles. The van der Waals surface area contributed by atoms with Gasteiger partial charge in [0.15, 0.2) is 5.57 Å². The van der Waals surface area contributed by atoms with E-state index in [4.69, 9.17) is 4.74 Å². The lowest BCUT2D eigenvalue weighted by atomic mass is 10.3. The number of aromatic nitrogens is 1. The predicted octanol–water partition coefficient (Wildman–Crippen LogP) is 0.00628. The quantitative estimate of drug-likeness (QED) is 0.393. The van der Waals surface area contributed by atoms with Crippen molar-refractivity contribution in [3.8, 4) is 6.07 Å². The molecule has 2 N–H and O–H groups in total. The number of sulfonamides is 1. The molecule has 2 heterocycles. The number of piperazine rings is 1. The van der Waals surface area contributed by atoms with Crippen LogP contribution in [0.5, 0.6) is 0 Å². The summed E-state index contributed by atoms with van der Waals surface area (Å²) in [5, 5.41) is 12.5. The van der Waals surface area contributed by atoms with Crippen molar-refractivity contribution < 1.29 is 17.9 Å². The molecule has 0 aliphatic carbocycles. The Kier molecular flexibility index (Phi) is 9.87. The molecule has 0 bridgehead atoms. The maximum Gasteiger partial charge on any atom is 0.351 e. The smallest absolute Gasteiger partial charge is 0.351 e. The second-order valence-corrected chi connectivity index (χ2v) is 11.3. The number of hydrogen-bond acceptors (Lipinski definition) is 10. The minimum atomic E-state index is -3.49. The summed E-state index contributed by atoms with van der Waals surface area (Å²) in [4.78, 5) is 29.3. The number of nitriles is 1. The number of hydrogen-bond donors (Lipinski definition) is 2. The molecule has 37 heavy (non-hydrogen) atoms. The van der Waals surface area contributed by atoms with Gasteiger partial charge < -0.3 is 15.0 Å². The minimum absolute atomic E-state index is 0.0163. The number of benzene rings is 1. The topological polar surface area (TPSA) is 137 Å². The summed E-state index contributed by atoms with van der Waals surface area (Å²) < 4.78 is 34.5. The third kappa shape index (κ3) is 7.65. The standard InChI is InChI=1S/C24H32N6O5S2/c1-4-30-22(31)21(36-23(30)20(16-25)24(32)35-5-2)17-26-18-6-8-19(9-7-18)27-37(33,34)15-14-29-12-10-28(3)11-13-29/h6-9,17,26-27H,4-5,10-15H2,1-3H3/b21-17+,23-20+. The fourth-order valence-electron chi connectivity index (χ4n) is 3.71. The molecule has 0 amide bonds. The Bertz CT molecular complexity index is 1420. The number of likely N-dealkylation sites (N-methyl/N-ethyl adjacent to an activating group) is 1. The molecule has 0 saturated carbocycles. The summed E-state index contributed by atoms with van der Waals surface area (Å²) >= 11 is 1.02. The van der Waals surface area contributed by atoms with E-state index in [1.54, 1.807) is 38.1 Å². The maximum absolute atomic E-state index is 12.8. The third-order valence-corrected chi connectivity index (χ3v) is 8.23. The van der Waals surface area contributed by atoms with E-state index < -0.39 is 16.0 Å². The van der Waals surface area contributed by atoms with Crippen molar-refractivity contribution in [3.05, 3.63) is 43.8 Å². The van der Waals surface area contributed by atoms with E-state index in [2.05, 4.69) is 26.9 Å². The van der Waals surface area contributed by atoms with E-state index in [9.17, 15) is 23.3 Å². The van der Waals surface area contributed by atoms with Crippen molar-refractivity contribution in [1.82, 2.24) is 14.4 Å². The molecule has 2 aromatic rings. The average Bonchev–Trinajstić information content (AvgIpc) is 3.18. The Balaban J connectivity index is 1.70. The minimum Gasteiger partial charge on any atom is -0.462 e. The predicted molar refractivity (Wildman–Crippen MR) is 145 cm³/mol. The molecule has 0 unspecified atom stereocenters. The van der Waals surface area contributed by atoms with Crippen molar-refractivity contribution in [2.24, 2.45) is 0 Å². The largest absolute Gasteiger partial charge is 0.462 e. The molecular formula is C24H32N6O5S2. The molecular weight excluding hydrogens is 516 g/mol. The maximum atomic E-state index is 12.8. The first-order valence-corrected chi connectivity index (χ1v) is 14.4. The van der Waals surface area contributed by atoms with Crippen molar-refractivity contribution >= 4 is 50.5 Å². The van der Waals surface area contributed by atoms with Crippen LogP contribution in [-0.2, 0) is 26.1 Å². The van der Waals surface area contributed by atoms with E-state index in [0.717, 1.165) is 37.5 Å². The number of anilines is 2. The highest BCUT2D eigenvalue weighted by atomic mass is 32.2. The zero-order valence-corrected chi connectivity index (χ0v) is 22.8. The molecule has 0 atom stereocenters. The lowest BCUT2D eigenvalue weighted by molar-refractivity contribution is -0.136. The molecule has 1 fully saturated rings. The highest BCUT2D eigenvalue weighted by Crippen LogP contribution is 2.15. The summed E-state index contributed by atoms with van der Waals surface area (Å²) in [7, 11) is -1.44. The molecule has 1 aliphatic rings. The summed E-state index contributed by atoms with van der Waals surface area (Å²) in [6, 6.07) is 8.49. The summed E-state index contributed by atoms with van der Waals surface area (Å²) in [6.45, 7) is 7.86. The van der Waals surface area contributed by atoms with E-state index in [0.29, 0.717) is 22.5 Å². The van der Waals surface area contributed by atoms with Crippen molar-refractivity contribution in [2.75, 3.05) is 62.2 Å². The van der Waals surface area contributed by atoms with Crippen LogP contribution in [0.15, 0.2) is 29.1 Å². The fourth-order valence-corrected chi connectivity index (χ4v) is 5.88. The van der Waals surface area contributed by atoms with Crippen LogP contribution >= 0.6 is 11.3 Å². The van der Waals surface area contributed by atoms with Crippen LogP contribution in [0.2, 0.25) is 0 Å². The van der Waals surface area contributed by atoms with E-state index >= 15 is 0 Å². The van der Waals surface area contributed by atoms with Crippen LogP contribution in [0.25, 0.3) is 11.8 Å². The Morgan fingerprint density at radius 2 is 1.81 bits per heavy atom. The van der Waals surface area contributed by atoms with Crippen molar-refractivity contribution in [1.29, 1.82) is 5.26 Å². The zero-order chi connectivity index (χ0) is 27.0. The monoisotopic (exact) mass is 548 g/mol. The van der Waals surface area contributed by atoms with Crippen LogP contribution < -0.4 is 24.8 Å². The van der Waals surface area contributed by atoms with Gasteiger partial charge in [-0.3, -0.25) is 19.0 Å². The van der Waals surface area contributed by atoms with Crippen LogP contribution in [0, 0.1) is 11.3 Å². The first kappa shape index (κ1) is 28.4. The normalized spacial score (nSPS) is 16.2.